The largest absolute Gasteiger partial charge is 0.399 e. The first kappa shape index (κ1) is 14.0. The number of piperidine rings is 3. The first-order chi connectivity index (χ1) is 11.2. The molecule has 1 aromatic carbocycles. The molecule has 4 aliphatic rings. The molecule has 6 rings (SSSR count). The van der Waals surface area contributed by atoms with Crippen molar-refractivity contribution >= 4 is 32.9 Å². The van der Waals surface area contributed by atoms with Crippen molar-refractivity contribution in [2.45, 2.75) is 37.6 Å². The summed E-state index contributed by atoms with van der Waals surface area (Å²) >= 11 is 1.61. The van der Waals surface area contributed by atoms with E-state index in [9.17, 15) is 4.79 Å². The van der Waals surface area contributed by atoms with Crippen LogP contribution in [-0.2, 0) is 0 Å². The van der Waals surface area contributed by atoms with Gasteiger partial charge in [-0.3, -0.25) is 9.69 Å². The molecule has 1 saturated carbocycles. The third-order valence-electron chi connectivity index (χ3n) is 6.42. The number of rotatable bonds is 3. The number of thiophene rings is 1. The molecular formula is C19H22N2OS. The van der Waals surface area contributed by atoms with Crippen LogP contribution < -0.4 is 5.73 Å². The Balaban J connectivity index is 1.42. The Kier molecular flexibility index (Phi) is 2.92. The second kappa shape index (κ2) is 4.81. The molecule has 3 aliphatic heterocycles. The van der Waals surface area contributed by atoms with Crippen molar-refractivity contribution in [3.8, 4) is 0 Å². The zero-order valence-electron chi connectivity index (χ0n) is 13.3. The lowest BCUT2D eigenvalue weighted by atomic mass is 9.70. The molecule has 4 fully saturated rings. The van der Waals surface area contributed by atoms with E-state index in [-0.39, 0.29) is 0 Å². The molecule has 1 atom stereocenters. The fraction of sp³-hybridized carbons (Fsp3) is 0.526. The van der Waals surface area contributed by atoms with Crippen LogP contribution in [0.3, 0.4) is 0 Å². The Morgan fingerprint density at radius 1 is 1.26 bits per heavy atom. The number of anilines is 1. The van der Waals surface area contributed by atoms with E-state index in [1.807, 2.05) is 18.2 Å². The lowest BCUT2D eigenvalue weighted by Gasteiger charge is -2.52. The molecule has 1 aliphatic carbocycles. The fourth-order valence-corrected chi connectivity index (χ4v) is 6.14. The highest BCUT2D eigenvalue weighted by Crippen LogP contribution is 2.58. The van der Waals surface area contributed by atoms with E-state index in [1.165, 1.54) is 38.8 Å². The van der Waals surface area contributed by atoms with Gasteiger partial charge in [-0.2, -0.15) is 0 Å². The van der Waals surface area contributed by atoms with Gasteiger partial charge in [0.15, 0.2) is 5.78 Å². The Bertz CT molecular complexity index is 784. The summed E-state index contributed by atoms with van der Waals surface area (Å²) in [7, 11) is 0. The van der Waals surface area contributed by atoms with Gasteiger partial charge < -0.3 is 5.73 Å². The molecule has 3 saturated heterocycles. The fourth-order valence-electron chi connectivity index (χ4n) is 5.08. The summed E-state index contributed by atoms with van der Waals surface area (Å²) in [6, 6.07) is 7.97. The Hall–Kier alpha value is -1.39. The quantitative estimate of drug-likeness (QED) is 0.686. The molecular weight excluding hydrogens is 304 g/mol. The number of nitrogens with zero attached hydrogens (tertiary/aromatic N) is 1. The molecule has 23 heavy (non-hydrogen) atoms. The van der Waals surface area contributed by atoms with Crippen molar-refractivity contribution in [2.75, 3.05) is 18.8 Å². The van der Waals surface area contributed by atoms with E-state index < -0.39 is 0 Å². The summed E-state index contributed by atoms with van der Waals surface area (Å²) in [6.07, 6.45) is 5.95. The SMILES string of the molecule is Nc1ccc2cc(C(=O)CC3C4CCN(CC4)C34CC4)sc2c1. The zero-order valence-corrected chi connectivity index (χ0v) is 14.1. The van der Waals surface area contributed by atoms with Gasteiger partial charge >= 0.3 is 0 Å². The van der Waals surface area contributed by atoms with Gasteiger partial charge in [-0.25, -0.2) is 0 Å². The maximum absolute atomic E-state index is 12.9. The maximum atomic E-state index is 12.9. The van der Waals surface area contributed by atoms with E-state index in [4.69, 9.17) is 5.73 Å². The number of Topliss-reactive ketones (excluding diaryl/α,β-unsaturated/α-hetero) is 1. The molecule has 1 unspecified atom stereocenters. The molecule has 120 valence electrons. The van der Waals surface area contributed by atoms with Crippen LogP contribution >= 0.6 is 11.3 Å². The van der Waals surface area contributed by atoms with Gasteiger partial charge in [0.1, 0.15) is 0 Å². The smallest absolute Gasteiger partial charge is 0.173 e. The molecule has 1 spiro atoms. The first-order valence-electron chi connectivity index (χ1n) is 8.73. The number of hydrogen-bond donors (Lipinski definition) is 1. The maximum Gasteiger partial charge on any atom is 0.173 e. The van der Waals surface area contributed by atoms with Crippen LogP contribution in [-0.4, -0.2) is 29.3 Å². The molecule has 1 aromatic heterocycles. The van der Waals surface area contributed by atoms with Gasteiger partial charge in [0.05, 0.1) is 4.88 Å². The van der Waals surface area contributed by atoms with Crippen LogP contribution in [0.15, 0.2) is 24.3 Å². The number of carbonyl (C=O) groups excluding carboxylic acids is 1. The van der Waals surface area contributed by atoms with Crippen molar-refractivity contribution in [3.05, 3.63) is 29.1 Å². The average molecular weight is 326 g/mol. The third kappa shape index (κ3) is 2.08. The second-order valence-electron chi connectivity index (χ2n) is 7.57. The minimum Gasteiger partial charge on any atom is -0.399 e. The first-order valence-corrected chi connectivity index (χ1v) is 9.55. The van der Waals surface area contributed by atoms with Crippen molar-refractivity contribution in [3.63, 3.8) is 0 Å². The molecule has 2 bridgehead atoms. The number of hydrogen-bond acceptors (Lipinski definition) is 4. The van der Waals surface area contributed by atoms with E-state index in [0.717, 1.165) is 33.0 Å². The summed E-state index contributed by atoms with van der Waals surface area (Å²) in [4.78, 5) is 16.5. The van der Waals surface area contributed by atoms with E-state index in [0.29, 0.717) is 17.2 Å². The highest BCUT2D eigenvalue weighted by molar-refractivity contribution is 7.20. The number of nitrogen functional groups attached to an aromatic ring is 1. The molecule has 3 nitrogen and oxygen atoms in total. The van der Waals surface area contributed by atoms with Crippen molar-refractivity contribution in [1.82, 2.24) is 4.90 Å². The minimum atomic E-state index is 0.342. The lowest BCUT2D eigenvalue weighted by molar-refractivity contribution is -0.0273. The van der Waals surface area contributed by atoms with Crippen LogP contribution in [0.25, 0.3) is 10.1 Å². The third-order valence-corrected chi connectivity index (χ3v) is 7.55. The highest BCUT2D eigenvalue weighted by Gasteiger charge is 2.60. The summed E-state index contributed by atoms with van der Waals surface area (Å²) in [5.41, 5.74) is 7.03. The van der Waals surface area contributed by atoms with E-state index in [2.05, 4.69) is 11.0 Å². The van der Waals surface area contributed by atoms with E-state index >= 15 is 0 Å². The molecule has 0 radical (unpaired) electrons. The molecule has 4 heteroatoms. The number of carbonyl (C=O) groups is 1. The van der Waals surface area contributed by atoms with Gasteiger partial charge in [-0.1, -0.05) is 6.07 Å². The predicted molar refractivity (Wildman–Crippen MR) is 94.9 cm³/mol. The van der Waals surface area contributed by atoms with Gasteiger partial charge in [-0.15, -0.1) is 11.3 Å². The summed E-state index contributed by atoms with van der Waals surface area (Å²) in [5, 5.41) is 1.14. The number of fused-ring (bicyclic) bond motifs is 3. The lowest BCUT2D eigenvalue weighted by Crippen LogP contribution is -2.57. The van der Waals surface area contributed by atoms with Gasteiger partial charge in [0.25, 0.3) is 0 Å². The minimum absolute atomic E-state index is 0.342. The Morgan fingerprint density at radius 3 is 2.78 bits per heavy atom. The zero-order chi connectivity index (χ0) is 15.6. The molecule has 2 aromatic rings. The number of nitrogens with two attached hydrogens (primary N) is 1. The molecule has 0 amide bonds. The summed E-state index contributed by atoms with van der Waals surface area (Å²) < 4.78 is 1.13. The molecule has 4 heterocycles. The van der Waals surface area contributed by atoms with Gasteiger partial charge in [-0.05, 0) is 74.2 Å². The van der Waals surface area contributed by atoms with Crippen LogP contribution in [0.5, 0.6) is 0 Å². The second-order valence-corrected chi connectivity index (χ2v) is 8.65. The number of ketones is 1. The standard InChI is InChI=1S/C19H22N2OS/c20-14-2-1-13-9-18(23-17(13)10-14)16(22)11-15-12-3-7-21(8-4-12)19(15)5-6-19/h1-2,9-10,12,15H,3-8,11,20H2. The normalized spacial score (nSPS) is 30.9. The van der Waals surface area contributed by atoms with Crippen molar-refractivity contribution < 1.29 is 4.79 Å². The van der Waals surface area contributed by atoms with Crippen LogP contribution in [0, 0.1) is 11.8 Å². The number of benzene rings is 1. The highest BCUT2D eigenvalue weighted by atomic mass is 32.1. The van der Waals surface area contributed by atoms with Crippen LogP contribution in [0.4, 0.5) is 5.69 Å². The average Bonchev–Trinajstić information content (AvgIpc) is 3.22. The predicted octanol–water partition coefficient (Wildman–Crippen LogP) is 3.93. The summed E-state index contributed by atoms with van der Waals surface area (Å²) in [5.74, 6) is 1.71. The van der Waals surface area contributed by atoms with Gasteiger partial charge in [0, 0.05) is 22.3 Å². The van der Waals surface area contributed by atoms with E-state index in [1.54, 1.807) is 11.3 Å². The van der Waals surface area contributed by atoms with Crippen molar-refractivity contribution in [2.24, 2.45) is 11.8 Å². The van der Waals surface area contributed by atoms with Crippen LogP contribution in [0.1, 0.15) is 41.8 Å². The monoisotopic (exact) mass is 326 g/mol. The van der Waals surface area contributed by atoms with Gasteiger partial charge in [0.2, 0.25) is 0 Å². The summed E-state index contributed by atoms with van der Waals surface area (Å²) in [6.45, 7) is 2.52. The molecule has 2 N–H and O–H groups in total. The van der Waals surface area contributed by atoms with Crippen molar-refractivity contribution in [1.29, 1.82) is 0 Å². The Morgan fingerprint density at radius 2 is 2.04 bits per heavy atom. The van der Waals surface area contributed by atoms with Crippen LogP contribution in [0.2, 0.25) is 0 Å². The topological polar surface area (TPSA) is 46.3 Å². The Labute approximate surface area is 140 Å².